The Hall–Kier alpha value is -3.08. The Morgan fingerprint density at radius 3 is 2.59 bits per heavy atom. The summed E-state index contributed by atoms with van der Waals surface area (Å²) in [7, 11) is 0. The van der Waals surface area contributed by atoms with Gasteiger partial charge in [-0.05, 0) is 44.9 Å². The lowest BCUT2D eigenvalue weighted by atomic mass is 10.1. The van der Waals surface area contributed by atoms with Crippen LogP contribution in [0.15, 0.2) is 53.1 Å². The SMILES string of the molecule is Cc1ccc(OCc2c(C(=O)NC(C)c3ccccc3)noc2C)c(C)c1. The molecule has 0 saturated heterocycles. The van der Waals surface area contributed by atoms with E-state index in [0.29, 0.717) is 11.3 Å². The average molecular weight is 364 g/mol. The standard InChI is InChI=1S/C22H24N2O3/c1-14-10-11-20(15(2)12-14)26-13-19-17(4)27-24-21(19)22(25)23-16(3)18-8-6-5-7-9-18/h5-12,16H,13H2,1-4H3,(H,23,25). The molecule has 0 bridgehead atoms. The third-order valence-electron chi connectivity index (χ3n) is 4.55. The van der Waals surface area contributed by atoms with Crippen LogP contribution < -0.4 is 10.1 Å². The van der Waals surface area contributed by atoms with Crippen molar-refractivity contribution in [3.63, 3.8) is 0 Å². The highest BCUT2D eigenvalue weighted by Crippen LogP contribution is 2.22. The number of hydrogen-bond donors (Lipinski definition) is 1. The molecule has 0 aliphatic heterocycles. The molecule has 0 aliphatic carbocycles. The Labute approximate surface area is 159 Å². The first-order valence-electron chi connectivity index (χ1n) is 8.96. The van der Waals surface area contributed by atoms with E-state index in [2.05, 4.69) is 16.5 Å². The zero-order valence-corrected chi connectivity index (χ0v) is 16.1. The summed E-state index contributed by atoms with van der Waals surface area (Å²) < 4.78 is 11.2. The molecule has 0 spiro atoms. The van der Waals surface area contributed by atoms with Crippen LogP contribution in [0.3, 0.4) is 0 Å². The molecule has 0 radical (unpaired) electrons. The Kier molecular flexibility index (Phi) is 5.60. The van der Waals surface area contributed by atoms with Crippen molar-refractivity contribution in [2.75, 3.05) is 0 Å². The minimum Gasteiger partial charge on any atom is -0.488 e. The number of ether oxygens (including phenoxy) is 1. The molecule has 140 valence electrons. The predicted molar refractivity (Wildman–Crippen MR) is 104 cm³/mol. The van der Waals surface area contributed by atoms with Gasteiger partial charge in [-0.25, -0.2) is 0 Å². The van der Waals surface area contributed by atoms with Gasteiger partial charge in [0.15, 0.2) is 5.69 Å². The topological polar surface area (TPSA) is 64.4 Å². The Balaban J connectivity index is 1.73. The van der Waals surface area contributed by atoms with Gasteiger partial charge in [0.1, 0.15) is 18.1 Å². The van der Waals surface area contributed by atoms with E-state index in [4.69, 9.17) is 9.26 Å². The van der Waals surface area contributed by atoms with Gasteiger partial charge < -0.3 is 14.6 Å². The minimum atomic E-state index is -0.276. The van der Waals surface area contributed by atoms with Gasteiger partial charge in [0, 0.05) is 0 Å². The Bertz CT molecular complexity index is 932. The number of carbonyl (C=O) groups excluding carboxylic acids is 1. The van der Waals surface area contributed by atoms with Crippen LogP contribution in [0.2, 0.25) is 0 Å². The van der Waals surface area contributed by atoms with Crippen molar-refractivity contribution in [3.05, 3.63) is 82.2 Å². The molecule has 3 rings (SSSR count). The maximum Gasteiger partial charge on any atom is 0.274 e. The number of aromatic nitrogens is 1. The molecular weight excluding hydrogens is 340 g/mol. The number of rotatable bonds is 6. The van der Waals surface area contributed by atoms with Crippen LogP contribution in [-0.4, -0.2) is 11.1 Å². The van der Waals surface area contributed by atoms with Crippen LogP contribution in [0.5, 0.6) is 5.75 Å². The normalized spacial score (nSPS) is 11.9. The number of hydrogen-bond acceptors (Lipinski definition) is 4. The second-order valence-corrected chi connectivity index (χ2v) is 6.73. The van der Waals surface area contributed by atoms with Crippen molar-refractivity contribution in [3.8, 4) is 5.75 Å². The van der Waals surface area contributed by atoms with Crippen LogP contribution in [0.4, 0.5) is 0 Å². The van der Waals surface area contributed by atoms with Gasteiger partial charge in [-0.15, -0.1) is 0 Å². The van der Waals surface area contributed by atoms with E-state index in [0.717, 1.165) is 16.9 Å². The van der Waals surface area contributed by atoms with E-state index in [-0.39, 0.29) is 24.2 Å². The molecule has 0 saturated carbocycles. The van der Waals surface area contributed by atoms with Gasteiger partial charge in [0.05, 0.1) is 11.6 Å². The quantitative estimate of drug-likeness (QED) is 0.690. The van der Waals surface area contributed by atoms with E-state index in [1.807, 2.05) is 63.2 Å². The Morgan fingerprint density at radius 2 is 1.89 bits per heavy atom. The zero-order chi connectivity index (χ0) is 19.4. The molecule has 0 aliphatic rings. The molecule has 1 unspecified atom stereocenters. The van der Waals surface area contributed by atoms with Crippen molar-refractivity contribution in [2.45, 2.75) is 40.3 Å². The summed E-state index contributed by atoms with van der Waals surface area (Å²) in [4.78, 5) is 12.7. The molecule has 1 atom stereocenters. The summed E-state index contributed by atoms with van der Waals surface area (Å²) in [5.41, 5.74) is 4.18. The lowest BCUT2D eigenvalue weighted by molar-refractivity contribution is 0.0928. The second-order valence-electron chi connectivity index (χ2n) is 6.73. The van der Waals surface area contributed by atoms with Crippen molar-refractivity contribution in [1.29, 1.82) is 0 Å². The molecule has 1 heterocycles. The summed E-state index contributed by atoms with van der Waals surface area (Å²) in [6.45, 7) is 7.98. The molecule has 1 N–H and O–H groups in total. The number of amides is 1. The van der Waals surface area contributed by atoms with Crippen LogP contribution in [0, 0.1) is 20.8 Å². The van der Waals surface area contributed by atoms with E-state index >= 15 is 0 Å². The van der Waals surface area contributed by atoms with Crippen molar-refractivity contribution >= 4 is 5.91 Å². The first-order valence-corrected chi connectivity index (χ1v) is 8.96. The predicted octanol–water partition coefficient (Wildman–Crippen LogP) is 4.67. The number of carbonyl (C=O) groups is 1. The van der Waals surface area contributed by atoms with Crippen molar-refractivity contribution < 1.29 is 14.1 Å². The fraction of sp³-hybridized carbons (Fsp3) is 0.273. The molecule has 1 aromatic heterocycles. The lowest BCUT2D eigenvalue weighted by Gasteiger charge is -2.14. The Morgan fingerprint density at radius 1 is 1.15 bits per heavy atom. The molecule has 2 aromatic carbocycles. The fourth-order valence-corrected chi connectivity index (χ4v) is 2.94. The monoisotopic (exact) mass is 364 g/mol. The van der Waals surface area contributed by atoms with Gasteiger partial charge in [-0.2, -0.15) is 0 Å². The summed E-state index contributed by atoms with van der Waals surface area (Å²) >= 11 is 0. The summed E-state index contributed by atoms with van der Waals surface area (Å²) in [5, 5.41) is 6.91. The number of nitrogens with zero attached hydrogens (tertiary/aromatic N) is 1. The smallest absolute Gasteiger partial charge is 0.274 e. The third-order valence-corrected chi connectivity index (χ3v) is 4.55. The van der Waals surface area contributed by atoms with E-state index in [1.54, 1.807) is 6.92 Å². The van der Waals surface area contributed by atoms with Gasteiger partial charge >= 0.3 is 0 Å². The molecule has 27 heavy (non-hydrogen) atoms. The summed E-state index contributed by atoms with van der Waals surface area (Å²) in [5.74, 6) is 1.09. The maximum atomic E-state index is 12.7. The fourth-order valence-electron chi connectivity index (χ4n) is 2.94. The first-order chi connectivity index (χ1) is 13.0. The zero-order valence-electron chi connectivity index (χ0n) is 16.1. The summed E-state index contributed by atoms with van der Waals surface area (Å²) in [6, 6.07) is 15.6. The van der Waals surface area contributed by atoms with E-state index < -0.39 is 0 Å². The molecule has 0 fully saturated rings. The second kappa shape index (κ2) is 8.08. The largest absolute Gasteiger partial charge is 0.488 e. The molecular formula is C22H24N2O3. The highest BCUT2D eigenvalue weighted by atomic mass is 16.5. The minimum absolute atomic E-state index is 0.135. The van der Waals surface area contributed by atoms with Crippen LogP contribution >= 0.6 is 0 Å². The number of aryl methyl sites for hydroxylation is 3. The van der Waals surface area contributed by atoms with Gasteiger partial charge in [-0.3, -0.25) is 4.79 Å². The van der Waals surface area contributed by atoms with Gasteiger partial charge in [0.2, 0.25) is 0 Å². The van der Waals surface area contributed by atoms with Crippen LogP contribution in [0.1, 0.15) is 51.5 Å². The van der Waals surface area contributed by atoms with Gasteiger partial charge in [-0.1, -0.05) is 53.2 Å². The molecule has 5 heteroatoms. The maximum absolute atomic E-state index is 12.7. The van der Waals surface area contributed by atoms with Crippen molar-refractivity contribution in [1.82, 2.24) is 10.5 Å². The van der Waals surface area contributed by atoms with Crippen molar-refractivity contribution in [2.24, 2.45) is 0 Å². The van der Waals surface area contributed by atoms with E-state index in [1.165, 1.54) is 5.56 Å². The molecule has 1 amide bonds. The molecule has 5 nitrogen and oxygen atoms in total. The number of benzene rings is 2. The summed E-state index contributed by atoms with van der Waals surface area (Å²) in [6.07, 6.45) is 0. The highest BCUT2D eigenvalue weighted by molar-refractivity contribution is 5.94. The third kappa shape index (κ3) is 4.37. The lowest BCUT2D eigenvalue weighted by Crippen LogP contribution is -2.28. The average Bonchev–Trinajstić information content (AvgIpc) is 3.02. The number of nitrogens with one attached hydrogen (secondary N) is 1. The molecule has 3 aromatic rings. The van der Waals surface area contributed by atoms with E-state index in [9.17, 15) is 4.79 Å². The van der Waals surface area contributed by atoms with Crippen LogP contribution in [0.25, 0.3) is 0 Å². The van der Waals surface area contributed by atoms with Crippen LogP contribution in [-0.2, 0) is 6.61 Å². The first kappa shape index (κ1) is 18.7. The highest BCUT2D eigenvalue weighted by Gasteiger charge is 2.22. The van der Waals surface area contributed by atoms with Gasteiger partial charge in [0.25, 0.3) is 5.91 Å².